The van der Waals surface area contributed by atoms with Gasteiger partial charge in [-0.15, -0.1) is 0 Å². The largest absolute Gasteiger partial charge is 0.493 e. The Hall–Kier alpha value is -3.25. The quantitative estimate of drug-likeness (QED) is 0.545. The zero-order chi connectivity index (χ0) is 20.6. The number of fused-ring (bicyclic) bond motifs is 1. The first-order valence-electron chi connectivity index (χ1n) is 9.43. The van der Waals surface area contributed by atoms with E-state index in [1.165, 1.54) is 37.7 Å². The number of methoxy groups -OCH3 is 3. The summed E-state index contributed by atoms with van der Waals surface area (Å²) in [5.74, 6) is 1.16. The third-order valence-corrected chi connectivity index (χ3v) is 4.71. The Kier molecular flexibility index (Phi) is 6.92. The molecule has 0 radical (unpaired) electrons. The van der Waals surface area contributed by atoms with Gasteiger partial charge in [0, 0.05) is 25.2 Å². The van der Waals surface area contributed by atoms with Gasteiger partial charge >= 0.3 is 0 Å². The summed E-state index contributed by atoms with van der Waals surface area (Å²) in [6.07, 6.45) is 0. The van der Waals surface area contributed by atoms with Crippen molar-refractivity contribution >= 4 is 16.7 Å². The van der Waals surface area contributed by atoms with Crippen molar-refractivity contribution in [2.45, 2.75) is 6.54 Å². The first-order valence-corrected chi connectivity index (χ1v) is 9.43. The van der Waals surface area contributed by atoms with Crippen molar-refractivity contribution in [3.63, 3.8) is 0 Å². The molecule has 3 aromatic rings. The van der Waals surface area contributed by atoms with Gasteiger partial charge in [0.2, 0.25) is 5.75 Å². The molecule has 0 heterocycles. The van der Waals surface area contributed by atoms with Gasteiger partial charge in [-0.25, -0.2) is 0 Å². The molecule has 0 atom stereocenters. The predicted molar refractivity (Wildman–Crippen MR) is 114 cm³/mol. The highest BCUT2D eigenvalue weighted by Crippen LogP contribution is 2.38. The minimum Gasteiger partial charge on any atom is -0.493 e. The van der Waals surface area contributed by atoms with E-state index in [-0.39, 0.29) is 5.91 Å². The van der Waals surface area contributed by atoms with Crippen LogP contribution in [0.4, 0.5) is 0 Å². The second-order valence-corrected chi connectivity index (χ2v) is 6.48. The fraction of sp³-hybridized carbons (Fsp3) is 0.261. The number of hydrogen-bond donors (Lipinski definition) is 2. The van der Waals surface area contributed by atoms with Gasteiger partial charge in [0.15, 0.2) is 11.5 Å². The smallest absolute Gasteiger partial charge is 0.251 e. The summed E-state index contributed by atoms with van der Waals surface area (Å²) >= 11 is 0. The van der Waals surface area contributed by atoms with Crippen LogP contribution in [-0.4, -0.2) is 40.3 Å². The molecule has 0 aliphatic heterocycles. The summed E-state index contributed by atoms with van der Waals surface area (Å²) in [4.78, 5) is 12.5. The van der Waals surface area contributed by atoms with E-state index in [2.05, 4.69) is 41.0 Å². The van der Waals surface area contributed by atoms with Crippen LogP contribution in [0.3, 0.4) is 0 Å². The number of amides is 1. The number of rotatable bonds is 9. The minimum atomic E-state index is -0.198. The molecule has 152 valence electrons. The number of benzene rings is 3. The molecule has 3 aromatic carbocycles. The molecule has 29 heavy (non-hydrogen) atoms. The van der Waals surface area contributed by atoms with E-state index in [1.807, 2.05) is 12.1 Å². The van der Waals surface area contributed by atoms with Gasteiger partial charge in [0.05, 0.1) is 21.3 Å². The van der Waals surface area contributed by atoms with Crippen molar-refractivity contribution < 1.29 is 19.0 Å². The fourth-order valence-corrected chi connectivity index (χ4v) is 3.25. The fourth-order valence-electron chi connectivity index (χ4n) is 3.25. The number of carbonyl (C=O) groups excluding carboxylic acids is 1. The molecular formula is C23H26N2O4. The molecular weight excluding hydrogens is 368 g/mol. The van der Waals surface area contributed by atoms with Crippen molar-refractivity contribution in [1.29, 1.82) is 0 Å². The number of hydrogen-bond acceptors (Lipinski definition) is 5. The molecule has 6 nitrogen and oxygen atoms in total. The topological polar surface area (TPSA) is 68.8 Å². The average molecular weight is 394 g/mol. The Balaban J connectivity index is 1.55. The number of nitrogens with one attached hydrogen (secondary N) is 2. The van der Waals surface area contributed by atoms with E-state index in [9.17, 15) is 4.79 Å². The summed E-state index contributed by atoms with van der Waals surface area (Å²) < 4.78 is 15.9. The SMILES string of the molecule is COc1cc(C(=O)NCCNCc2cccc3ccccc23)cc(OC)c1OC. The molecule has 6 heteroatoms. The third kappa shape index (κ3) is 4.78. The van der Waals surface area contributed by atoms with E-state index in [4.69, 9.17) is 14.2 Å². The van der Waals surface area contributed by atoms with Gasteiger partial charge in [0.1, 0.15) is 0 Å². The maximum absolute atomic E-state index is 12.5. The van der Waals surface area contributed by atoms with Crippen LogP contribution in [0.15, 0.2) is 54.6 Å². The lowest BCUT2D eigenvalue weighted by Crippen LogP contribution is -2.31. The van der Waals surface area contributed by atoms with Gasteiger partial charge in [0.25, 0.3) is 5.91 Å². The van der Waals surface area contributed by atoms with E-state index in [1.54, 1.807) is 12.1 Å². The van der Waals surface area contributed by atoms with Crippen molar-refractivity contribution in [1.82, 2.24) is 10.6 Å². The van der Waals surface area contributed by atoms with Crippen LogP contribution in [0.25, 0.3) is 10.8 Å². The highest BCUT2D eigenvalue weighted by Gasteiger charge is 2.16. The molecule has 0 aliphatic carbocycles. The van der Waals surface area contributed by atoms with E-state index < -0.39 is 0 Å². The van der Waals surface area contributed by atoms with Crippen LogP contribution in [0, 0.1) is 0 Å². The van der Waals surface area contributed by atoms with Gasteiger partial charge in [-0.3, -0.25) is 4.79 Å². The standard InChI is InChI=1S/C23H26N2O4/c1-27-20-13-18(14-21(28-2)22(20)29-3)23(26)25-12-11-24-15-17-9-6-8-16-7-4-5-10-19(16)17/h4-10,13-14,24H,11-12,15H2,1-3H3,(H,25,26). The lowest BCUT2D eigenvalue weighted by Gasteiger charge is -2.14. The Morgan fingerprint density at radius 2 is 1.55 bits per heavy atom. The molecule has 2 N–H and O–H groups in total. The summed E-state index contributed by atoms with van der Waals surface area (Å²) in [6, 6.07) is 17.9. The van der Waals surface area contributed by atoms with Crippen molar-refractivity contribution in [3.05, 3.63) is 65.7 Å². The summed E-state index contributed by atoms with van der Waals surface area (Å²) in [5.41, 5.74) is 1.69. The first kappa shape index (κ1) is 20.5. The van der Waals surface area contributed by atoms with Crippen LogP contribution in [0.2, 0.25) is 0 Å². The zero-order valence-corrected chi connectivity index (χ0v) is 17.0. The van der Waals surface area contributed by atoms with Gasteiger partial charge in [-0.1, -0.05) is 42.5 Å². The normalized spacial score (nSPS) is 10.6. The molecule has 0 aliphatic rings. The van der Waals surface area contributed by atoms with E-state index in [0.717, 1.165) is 6.54 Å². The van der Waals surface area contributed by atoms with E-state index in [0.29, 0.717) is 35.9 Å². The summed E-state index contributed by atoms with van der Waals surface area (Å²) in [5, 5.41) is 8.75. The monoisotopic (exact) mass is 394 g/mol. The molecule has 0 saturated heterocycles. The molecule has 3 rings (SSSR count). The third-order valence-electron chi connectivity index (χ3n) is 4.71. The molecule has 0 unspecified atom stereocenters. The van der Waals surface area contributed by atoms with Gasteiger partial charge in [-0.2, -0.15) is 0 Å². The van der Waals surface area contributed by atoms with Crippen LogP contribution < -0.4 is 24.8 Å². The summed E-state index contributed by atoms with van der Waals surface area (Å²) in [6.45, 7) is 1.89. The number of ether oxygens (including phenoxy) is 3. The Morgan fingerprint density at radius 1 is 0.862 bits per heavy atom. The molecule has 1 amide bonds. The van der Waals surface area contributed by atoms with Crippen molar-refractivity contribution in [3.8, 4) is 17.2 Å². The van der Waals surface area contributed by atoms with Crippen LogP contribution >= 0.6 is 0 Å². The van der Waals surface area contributed by atoms with Crippen molar-refractivity contribution in [2.24, 2.45) is 0 Å². The van der Waals surface area contributed by atoms with Crippen LogP contribution in [0.1, 0.15) is 15.9 Å². The highest BCUT2D eigenvalue weighted by molar-refractivity contribution is 5.95. The Labute approximate surface area is 170 Å². The molecule has 0 saturated carbocycles. The van der Waals surface area contributed by atoms with Crippen LogP contribution in [-0.2, 0) is 6.54 Å². The minimum absolute atomic E-state index is 0.198. The Morgan fingerprint density at radius 3 is 2.24 bits per heavy atom. The molecule has 0 spiro atoms. The maximum Gasteiger partial charge on any atom is 0.251 e. The maximum atomic E-state index is 12.5. The van der Waals surface area contributed by atoms with Gasteiger partial charge in [-0.05, 0) is 28.5 Å². The van der Waals surface area contributed by atoms with Gasteiger partial charge < -0.3 is 24.8 Å². The number of carbonyl (C=O) groups is 1. The lowest BCUT2D eigenvalue weighted by molar-refractivity contribution is 0.0953. The first-order chi connectivity index (χ1) is 14.2. The molecule has 0 aromatic heterocycles. The lowest BCUT2D eigenvalue weighted by atomic mass is 10.0. The summed E-state index contributed by atoms with van der Waals surface area (Å²) in [7, 11) is 4.58. The second-order valence-electron chi connectivity index (χ2n) is 6.48. The zero-order valence-electron chi connectivity index (χ0n) is 17.0. The molecule has 0 bridgehead atoms. The Bertz CT molecular complexity index is 957. The predicted octanol–water partition coefficient (Wildman–Crippen LogP) is 3.39. The second kappa shape index (κ2) is 9.80. The van der Waals surface area contributed by atoms with Crippen molar-refractivity contribution in [2.75, 3.05) is 34.4 Å². The van der Waals surface area contributed by atoms with E-state index >= 15 is 0 Å². The highest BCUT2D eigenvalue weighted by atomic mass is 16.5. The molecule has 0 fully saturated rings. The average Bonchev–Trinajstić information content (AvgIpc) is 2.77. The van der Waals surface area contributed by atoms with Crippen LogP contribution in [0.5, 0.6) is 17.2 Å².